The Morgan fingerprint density at radius 1 is 1.18 bits per heavy atom. The van der Waals surface area contributed by atoms with Crippen molar-refractivity contribution in [3.05, 3.63) is 30.1 Å². The molecule has 1 N–H and O–H groups in total. The number of nitrogens with one attached hydrogen (secondary N) is 1. The lowest BCUT2D eigenvalue weighted by atomic mass is 10.2. The van der Waals surface area contributed by atoms with Gasteiger partial charge in [-0.2, -0.15) is 0 Å². The van der Waals surface area contributed by atoms with Crippen LogP contribution in [-0.2, 0) is 11.3 Å². The van der Waals surface area contributed by atoms with Gasteiger partial charge in [-0.1, -0.05) is 13.8 Å². The predicted molar refractivity (Wildman–Crippen MR) is 73.4 cm³/mol. The molecule has 1 aromatic heterocycles. The van der Waals surface area contributed by atoms with Gasteiger partial charge in [0.25, 0.3) is 0 Å². The molecule has 1 rings (SSSR count). The lowest BCUT2D eigenvalue weighted by Crippen LogP contribution is -2.30. The molecule has 0 aromatic carbocycles. The maximum absolute atomic E-state index is 5.57. The molecular formula is C13H23ClN2O. The number of hydrogen-bond acceptors (Lipinski definition) is 3. The summed E-state index contributed by atoms with van der Waals surface area (Å²) in [5, 5.41) is 3.42. The van der Waals surface area contributed by atoms with Crippen LogP contribution in [0.5, 0.6) is 0 Å². The van der Waals surface area contributed by atoms with Crippen molar-refractivity contribution in [1.82, 2.24) is 10.3 Å². The summed E-state index contributed by atoms with van der Waals surface area (Å²) in [7, 11) is 0. The Kier molecular flexibility index (Phi) is 9.04. The molecule has 0 fully saturated rings. The molecule has 1 atom stereocenters. The molecule has 3 nitrogen and oxygen atoms in total. The molecule has 0 aliphatic carbocycles. The van der Waals surface area contributed by atoms with Crippen LogP contribution in [0.25, 0.3) is 0 Å². The van der Waals surface area contributed by atoms with Crippen molar-refractivity contribution in [3.63, 3.8) is 0 Å². The molecule has 0 saturated carbocycles. The Hall–Kier alpha value is -0.640. The average molecular weight is 259 g/mol. The van der Waals surface area contributed by atoms with Gasteiger partial charge in [0.2, 0.25) is 0 Å². The SMILES string of the molecule is CC(C)COCC(C)NCc1ccncc1.Cl. The first-order valence-corrected chi connectivity index (χ1v) is 5.88. The number of pyridine rings is 1. The lowest BCUT2D eigenvalue weighted by molar-refractivity contribution is 0.0935. The standard InChI is InChI=1S/C13H22N2O.ClH/c1-11(2)9-16-10-12(3)15-8-13-4-6-14-7-5-13;/h4-7,11-12,15H,8-10H2,1-3H3;1H. The lowest BCUT2D eigenvalue weighted by Gasteiger charge is -2.15. The van der Waals surface area contributed by atoms with Gasteiger partial charge in [0.15, 0.2) is 0 Å². The first kappa shape index (κ1) is 16.4. The van der Waals surface area contributed by atoms with Crippen LogP contribution in [0.4, 0.5) is 0 Å². The van der Waals surface area contributed by atoms with E-state index >= 15 is 0 Å². The van der Waals surface area contributed by atoms with Crippen molar-refractivity contribution in [3.8, 4) is 0 Å². The Morgan fingerprint density at radius 2 is 1.82 bits per heavy atom. The van der Waals surface area contributed by atoms with Crippen LogP contribution in [0, 0.1) is 5.92 Å². The molecular weight excluding hydrogens is 236 g/mol. The van der Waals surface area contributed by atoms with Gasteiger partial charge in [-0.15, -0.1) is 12.4 Å². The highest BCUT2D eigenvalue weighted by atomic mass is 35.5. The highest BCUT2D eigenvalue weighted by molar-refractivity contribution is 5.85. The van der Waals surface area contributed by atoms with E-state index in [-0.39, 0.29) is 12.4 Å². The van der Waals surface area contributed by atoms with Gasteiger partial charge in [0.1, 0.15) is 0 Å². The molecule has 4 heteroatoms. The Labute approximate surface area is 110 Å². The van der Waals surface area contributed by atoms with E-state index in [4.69, 9.17) is 4.74 Å². The number of nitrogens with zero attached hydrogens (tertiary/aromatic N) is 1. The van der Waals surface area contributed by atoms with Crippen molar-refractivity contribution >= 4 is 12.4 Å². The van der Waals surface area contributed by atoms with Crippen LogP contribution in [0.2, 0.25) is 0 Å². The summed E-state index contributed by atoms with van der Waals surface area (Å²) < 4.78 is 5.57. The number of ether oxygens (including phenoxy) is 1. The average Bonchev–Trinajstić information content (AvgIpc) is 2.27. The van der Waals surface area contributed by atoms with Crippen molar-refractivity contribution in [2.75, 3.05) is 13.2 Å². The molecule has 0 radical (unpaired) electrons. The highest BCUT2D eigenvalue weighted by Crippen LogP contribution is 1.97. The van der Waals surface area contributed by atoms with Crippen LogP contribution < -0.4 is 5.32 Å². The molecule has 98 valence electrons. The zero-order valence-electron chi connectivity index (χ0n) is 10.8. The fourth-order valence-electron chi connectivity index (χ4n) is 1.33. The maximum Gasteiger partial charge on any atom is 0.0617 e. The molecule has 0 bridgehead atoms. The third-order valence-corrected chi connectivity index (χ3v) is 2.22. The van der Waals surface area contributed by atoms with Crippen molar-refractivity contribution in [2.24, 2.45) is 5.92 Å². The Balaban J connectivity index is 0.00000256. The van der Waals surface area contributed by atoms with E-state index in [0.29, 0.717) is 12.0 Å². The molecule has 0 spiro atoms. The van der Waals surface area contributed by atoms with Gasteiger partial charge in [0.05, 0.1) is 6.61 Å². The minimum absolute atomic E-state index is 0. The zero-order chi connectivity index (χ0) is 11.8. The summed E-state index contributed by atoms with van der Waals surface area (Å²) in [6, 6.07) is 4.43. The van der Waals surface area contributed by atoms with E-state index in [0.717, 1.165) is 19.8 Å². The fraction of sp³-hybridized carbons (Fsp3) is 0.615. The van der Waals surface area contributed by atoms with Crippen LogP contribution in [0.15, 0.2) is 24.5 Å². The number of aromatic nitrogens is 1. The summed E-state index contributed by atoms with van der Waals surface area (Å²) in [6.07, 6.45) is 3.63. The van der Waals surface area contributed by atoms with Crippen LogP contribution in [0.3, 0.4) is 0 Å². The molecule has 0 aliphatic rings. The second kappa shape index (κ2) is 9.40. The van der Waals surface area contributed by atoms with Crippen molar-refractivity contribution in [2.45, 2.75) is 33.4 Å². The van der Waals surface area contributed by atoms with E-state index in [1.54, 1.807) is 0 Å². The number of halogens is 1. The third kappa shape index (κ3) is 8.13. The van der Waals surface area contributed by atoms with Crippen molar-refractivity contribution in [1.29, 1.82) is 0 Å². The Bertz CT molecular complexity index is 280. The minimum Gasteiger partial charge on any atom is -0.380 e. The topological polar surface area (TPSA) is 34.1 Å². The van der Waals surface area contributed by atoms with E-state index < -0.39 is 0 Å². The van der Waals surface area contributed by atoms with Crippen LogP contribution >= 0.6 is 12.4 Å². The summed E-state index contributed by atoms with van der Waals surface area (Å²) in [5.74, 6) is 0.604. The monoisotopic (exact) mass is 258 g/mol. The smallest absolute Gasteiger partial charge is 0.0617 e. The Morgan fingerprint density at radius 3 is 2.41 bits per heavy atom. The van der Waals surface area contributed by atoms with Crippen LogP contribution in [-0.4, -0.2) is 24.2 Å². The summed E-state index contributed by atoms with van der Waals surface area (Å²) in [6.45, 7) is 8.94. The maximum atomic E-state index is 5.57. The molecule has 0 aliphatic heterocycles. The predicted octanol–water partition coefficient (Wildman–Crippen LogP) is 2.65. The van der Waals surface area contributed by atoms with E-state index in [2.05, 4.69) is 31.1 Å². The zero-order valence-corrected chi connectivity index (χ0v) is 11.7. The summed E-state index contributed by atoms with van der Waals surface area (Å²) in [5.41, 5.74) is 1.26. The van der Waals surface area contributed by atoms with Crippen molar-refractivity contribution < 1.29 is 4.74 Å². The normalized spacial score (nSPS) is 12.2. The minimum atomic E-state index is 0. The second-order valence-electron chi connectivity index (χ2n) is 4.57. The molecule has 1 aromatic rings. The summed E-state index contributed by atoms with van der Waals surface area (Å²) >= 11 is 0. The first-order valence-electron chi connectivity index (χ1n) is 5.88. The van der Waals surface area contributed by atoms with E-state index in [9.17, 15) is 0 Å². The van der Waals surface area contributed by atoms with Gasteiger partial charge in [-0.25, -0.2) is 0 Å². The number of rotatable bonds is 7. The summed E-state index contributed by atoms with van der Waals surface area (Å²) in [4.78, 5) is 3.99. The van der Waals surface area contributed by atoms with Gasteiger partial charge in [-0.3, -0.25) is 4.98 Å². The quantitative estimate of drug-likeness (QED) is 0.817. The van der Waals surface area contributed by atoms with E-state index in [1.165, 1.54) is 5.56 Å². The fourth-order valence-corrected chi connectivity index (χ4v) is 1.33. The molecule has 17 heavy (non-hydrogen) atoms. The van der Waals surface area contributed by atoms with Gasteiger partial charge in [0, 0.05) is 31.6 Å². The molecule has 1 heterocycles. The van der Waals surface area contributed by atoms with E-state index in [1.807, 2.05) is 24.5 Å². The highest BCUT2D eigenvalue weighted by Gasteiger charge is 2.02. The molecule has 0 saturated heterocycles. The van der Waals surface area contributed by atoms with Gasteiger partial charge >= 0.3 is 0 Å². The van der Waals surface area contributed by atoms with Gasteiger partial charge in [-0.05, 0) is 30.5 Å². The number of hydrogen-bond donors (Lipinski definition) is 1. The first-order chi connectivity index (χ1) is 7.68. The molecule has 1 unspecified atom stereocenters. The molecule has 0 amide bonds. The second-order valence-corrected chi connectivity index (χ2v) is 4.57. The largest absolute Gasteiger partial charge is 0.380 e. The third-order valence-electron chi connectivity index (χ3n) is 2.22. The van der Waals surface area contributed by atoms with Gasteiger partial charge < -0.3 is 10.1 Å². The van der Waals surface area contributed by atoms with Crippen LogP contribution in [0.1, 0.15) is 26.3 Å².